The average Bonchev–Trinajstić information content (AvgIpc) is 3.20. The van der Waals surface area contributed by atoms with Crippen molar-refractivity contribution in [3.63, 3.8) is 0 Å². The smallest absolute Gasteiger partial charge is 0.483 e. The van der Waals surface area contributed by atoms with E-state index in [4.69, 9.17) is 0 Å². The molecule has 0 spiro atoms. The largest absolute Gasteiger partial charge is 0.508 e. The quantitative estimate of drug-likeness (QED) is 0.0207. The van der Waals surface area contributed by atoms with Gasteiger partial charge in [-0.1, -0.05) is 6.92 Å². The Kier molecular flexibility index (Phi) is 23.2. The first-order chi connectivity index (χ1) is 32.6. The molecule has 0 aliphatic carbocycles. The van der Waals surface area contributed by atoms with Gasteiger partial charge in [-0.15, -0.1) is 0 Å². The number of phenols is 6. The number of halogens is 15. The molecule has 0 amide bonds. The zero-order valence-corrected chi connectivity index (χ0v) is 64.8. The van der Waals surface area contributed by atoms with Gasteiger partial charge in [-0.2, -0.15) is 75.8 Å². The molecule has 4 rings (SSSR count). The summed E-state index contributed by atoms with van der Waals surface area (Å²) < 4.78 is 211. The molecule has 6 N–H and O–H groups in total. The molecule has 0 unspecified atom stereocenters. The van der Waals surface area contributed by atoms with Crippen LogP contribution in [0.25, 0.3) is 0 Å². The van der Waals surface area contributed by atoms with Gasteiger partial charge in [0.25, 0.3) is 0 Å². The first-order valence-corrected chi connectivity index (χ1v) is 19.8. The Morgan fingerprint density at radius 3 is 1.16 bits per heavy atom. The van der Waals surface area contributed by atoms with Gasteiger partial charge in [0.1, 0.15) is 79.2 Å². The van der Waals surface area contributed by atoms with Crippen LogP contribution in [0, 0.1) is 0 Å². The van der Waals surface area contributed by atoms with Crippen LogP contribution in [0.5, 0.6) is 34.5 Å². The number of phenolic OH excluding ortho intramolecular Hbond substituents is 6. The van der Waals surface area contributed by atoms with Crippen molar-refractivity contribution < 1.29 is 125 Å². The molecule has 0 fully saturated rings. The van der Waals surface area contributed by atoms with E-state index in [1.54, 1.807) is 4.90 Å². The molecule has 4 aromatic rings. The van der Waals surface area contributed by atoms with E-state index in [9.17, 15) is 96.5 Å². The molecule has 0 saturated heterocycles. The fourth-order valence-corrected chi connectivity index (χ4v) is 5.39. The van der Waals surface area contributed by atoms with Crippen molar-refractivity contribution in [3.05, 3.63) is 77.4 Å². The molecule has 75 heavy (non-hydrogen) atoms. The summed E-state index contributed by atoms with van der Waals surface area (Å²) >= 11 is 0. The standard InChI is InChI=1S/C25H24N4O6.C15H17F15O6.4Rf/c1-2-29(19-13-18(32)5-8-22(19)35)25-27-23(11-14-9-16(30)3-6-20(14)33)26-24(28-25)12-15-10-17(31)4-7-21(15)34;1-2-3-31-4-9(16,17)34-10(18,19)5-32-6-11(20,21)35-12(22,23)7-33-8-13(24,25)36-15(29,30)14(26,27)28;;;;/h3-10,13,30-35H,2,11-12H2,1H3;2-8H2,1H3;;;;. The first kappa shape index (κ1) is 67.1. The van der Waals surface area contributed by atoms with Gasteiger partial charge in [0.05, 0.1) is 5.69 Å². The third kappa shape index (κ3) is 21.1. The van der Waals surface area contributed by atoms with E-state index in [1.807, 2.05) is 6.92 Å². The van der Waals surface area contributed by atoms with Gasteiger partial charge in [-0.05, 0) is 61.9 Å². The van der Waals surface area contributed by atoms with E-state index in [1.165, 1.54) is 61.5 Å². The fraction of sp³-hybridized carbons (Fsp3) is 0.475. The van der Waals surface area contributed by atoms with Crippen molar-refractivity contribution in [1.82, 2.24) is 15.0 Å². The number of hydrogen-bond donors (Lipinski definition) is 6. The normalized spacial score (nSPS) is 12.3. The zero-order chi connectivity index (χ0) is 53.8. The number of nitrogens with zero attached hydrogens (tertiary/aromatic N) is 4. The van der Waals surface area contributed by atoms with Crippen LogP contribution in [0.3, 0.4) is 0 Å². The summed E-state index contributed by atoms with van der Waals surface area (Å²) in [5.74, 6) is 0.364. The van der Waals surface area contributed by atoms with Crippen LogP contribution in [-0.2, 0) is 41.3 Å². The van der Waals surface area contributed by atoms with Gasteiger partial charge in [0, 0.05) is 43.2 Å². The molecule has 1 heterocycles. The van der Waals surface area contributed by atoms with E-state index in [0.717, 1.165) is 0 Å². The predicted molar refractivity (Wildman–Crippen MR) is 209 cm³/mol. The second-order valence-corrected chi connectivity index (χ2v) is 14.4. The van der Waals surface area contributed by atoms with Crippen LogP contribution in [-0.4, -0.2) is 135 Å². The number of rotatable bonds is 25. The molecule has 0 saturated carbocycles. The Morgan fingerprint density at radius 1 is 0.453 bits per heavy atom. The molecule has 0 bridgehead atoms. The Hall–Kier alpha value is -10.0. The second-order valence-electron chi connectivity index (χ2n) is 14.4. The summed E-state index contributed by atoms with van der Waals surface area (Å²) in [7, 11) is 0. The van der Waals surface area contributed by atoms with Gasteiger partial charge in [-0.3, -0.25) is 9.47 Å². The van der Waals surface area contributed by atoms with Crippen LogP contribution in [0.15, 0.2) is 54.6 Å². The van der Waals surface area contributed by atoms with Crippen LogP contribution in [0.4, 0.5) is 77.5 Å². The summed E-state index contributed by atoms with van der Waals surface area (Å²) in [5.41, 5.74) is 1.05. The van der Waals surface area contributed by atoms with Crippen molar-refractivity contribution in [2.24, 2.45) is 0 Å². The molecule has 3 aromatic carbocycles. The molecular weight excluding hydrogens is 2080 g/mol. The van der Waals surface area contributed by atoms with Crippen LogP contribution < -0.4 is 4.90 Å². The average molecular weight is 2120 g/mol. The Balaban J connectivity index is 0. The Bertz CT molecular complexity index is 2300. The monoisotopic (exact) mass is 2120 g/mol. The summed E-state index contributed by atoms with van der Waals surface area (Å²) in [4.78, 5) is 15.1. The summed E-state index contributed by atoms with van der Waals surface area (Å²) in [6, 6.07) is 12.3. The van der Waals surface area contributed by atoms with Gasteiger partial charge >= 0.3 is 42.8 Å². The van der Waals surface area contributed by atoms with Gasteiger partial charge in [0.2, 0.25) is 5.95 Å². The maximum Gasteiger partial charge on any atom is 0.483 e. The Labute approximate surface area is 390 Å². The molecule has 0 aliphatic rings. The number of ether oxygens (including phenoxy) is 6. The molecular formula is C40H41F15N4O12Rf4. The molecule has 0 aliphatic heterocycles. The number of aromatic nitrogens is 3. The fourth-order valence-electron chi connectivity index (χ4n) is 5.39. The van der Waals surface area contributed by atoms with Crippen molar-refractivity contribution in [2.45, 2.75) is 75.9 Å². The Morgan fingerprint density at radius 2 is 0.800 bits per heavy atom. The van der Waals surface area contributed by atoms with E-state index >= 15 is 0 Å². The van der Waals surface area contributed by atoms with E-state index < -0.39 is 75.9 Å². The minimum absolute atomic E-state index is 0. The summed E-state index contributed by atoms with van der Waals surface area (Å²) in [6.45, 7) is -8.42. The number of anilines is 2. The number of hydrogen-bond acceptors (Lipinski definition) is 16. The van der Waals surface area contributed by atoms with E-state index in [-0.39, 0.29) is 83.7 Å². The third-order valence-electron chi connectivity index (χ3n) is 8.25. The second kappa shape index (κ2) is 25.9. The minimum Gasteiger partial charge on any atom is -0.508 e. The SMILES string of the molecule is CCCOCC(F)(F)OC(F)(F)COCC(F)(F)OC(F)(F)COCC(F)(F)OC(F)(F)C(F)(F)F.CCN(c1nc(Cc2cc(O)ccc2O)nc(Cc2cc(O)ccc2O)n1)c1cc(O)ccc1O.[Rf].[Rf].[Rf].[Rf]. The maximum absolute atomic E-state index is 13.3. The molecule has 406 valence electrons. The zero-order valence-electron chi connectivity index (χ0n) is 39.2. The number of benzene rings is 3. The molecule has 16 nitrogen and oxygen atoms in total. The van der Waals surface area contributed by atoms with Gasteiger partial charge in [0.15, 0.2) is 0 Å². The van der Waals surface area contributed by atoms with Crippen molar-refractivity contribution in [1.29, 1.82) is 0 Å². The molecule has 1 aromatic heterocycles. The van der Waals surface area contributed by atoms with Gasteiger partial charge in [-0.25, -0.2) is 9.72 Å². The van der Waals surface area contributed by atoms with Crippen molar-refractivity contribution in [3.8, 4) is 34.5 Å². The molecule has 0 radical (unpaired) electrons. The van der Waals surface area contributed by atoms with Crippen molar-refractivity contribution in [2.75, 3.05) is 51.1 Å². The van der Waals surface area contributed by atoms with E-state index in [0.29, 0.717) is 17.7 Å². The predicted octanol–water partition coefficient (Wildman–Crippen LogP) is 9.06. The topological polar surface area (TPSA) is 219 Å². The number of aromatic hydroxyl groups is 6. The minimum atomic E-state index is -6.63. The van der Waals surface area contributed by atoms with Crippen LogP contribution in [0.2, 0.25) is 0 Å². The first-order valence-electron chi connectivity index (χ1n) is 19.8. The van der Waals surface area contributed by atoms with Crippen LogP contribution in [0.1, 0.15) is 43.0 Å². The third-order valence-corrected chi connectivity index (χ3v) is 8.25. The molecule has 0 atom stereocenters. The van der Waals surface area contributed by atoms with E-state index in [2.05, 4.69) is 43.4 Å². The maximum atomic E-state index is 13.3. The summed E-state index contributed by atoms with van der Waals surface area (Å²) in [6.07, 6.45) is -38.3. The number of alkyl halides is 15. The van der Waals surface area contributed by atoms with Crippen LogP contribution >= 0.6 is 0 Å². The molecule has 35 heteroatoms. The van der Waals surface area contributed by atoms with Crippen molar-refractivity contribution >= 4 is 11.6 Å². The summed E-state index contributed by atoms with van der Waals surface area (Å²) in [5, 5.41) is 60.5. The van der Waals surface area contributed by atoms with Gasteiger partial charge < -0.3 is 49.7 Å².